The number of rotatable bonds is 6. The van der Waals surface area contributed by atoms with Gasteiger partial charge in [-0.25, -0.2) is 14.2 Å². The maximum atomic E-state index is 12.9. The monoisotopic (exact) mass is 296 g/mol. The van der Waals surface area contributed by atoms with Crippen LogP contribution in [0.25, 0.3) is 0 Å². The summed E-state index contributed by atoms with van der Waals surface area (Å²) < 4.78 is 18.8. The fraction of sp³-hybridized carbons (Fsp3) is 0.533. The standard InChI is InChI=1S/C15H21FN2O3/c16-12-6-4-11(5-7-12)14-9-8-13(21-14)3-1-2-10-18(20)15(17)19/h4-7,13-14,20H,1-3,8-10H2,(H2,17,19)/t13?,14-/m1/s1. The molecule has 3 N–H and O–H groups in total. The number of amides is 2. The number of nitrogens with zero attached hydrogens (tertiary/aromatic N) is 1. The quantitative estimate of drug-likeness (QED) is 0.481. The van der Waals surface area contributed by atoms with Crippen LogP contribution < -0.4 is 5.73 Å². The Bertz CT molecular complexity index is 466. The van der Waals surface area contributed by atoms with E-state index < -0.39 is 6.03 Å². The molecule has 5 nitrogen and oxygen atoms in total. The molecule has 1 fully saturated rings. The average molecular weight is 296 g/mol. The fourth-order valence-electron chi connectivity index (χ4n) is 2.58. The summed E-state index contributed by atoms with van der Waals surface area (Å²) in [5.74, 6) is -0.240. The minimum absolute atomic E-state index is 0.0376. The Morgan fingerprint density at radius 2 is 2.05 bits per heavy atom. The number of benzene rings is 1. The van der Waals surface area contributed by atoms with E-state index in [1.807, 2.05) is 0 Å². The molecule has 0 spiro atoms. The van der Waals surface area contributed by atoms with Gasteiger partial charge in [0.05, 0.1) is 18.8 Å². The number of hydrogen-bond acceptors (Lipinski definition) is 3. The fourth-order valence-corrected chi connectivity index (χ4v) is 2.58. The Morgan fingerprint density at radius 1 is 1.33 bits per heavy atom. The molecular formula is C15H21FN2O3. The summed E-state index contributed by atoms with van der Waals surface area (Å²) in [5.41, 5.74) is 5.93. The normalized spacial score (nSPS) is 21.4. The summed E-state index contributed by atoms with van der Waals surface area (Å²) in [6.07, 6.45) is 4.54. The molecule has 1 unspecified atom stereocenters. The van der Waals surface area contributed by atoms with Gasteiger partial charge in [-0.1, -0.05) is 12.1 Å². The Labute approximate surface area is 123 Å². The summed E-state index contributed by atoms with van der Waals surface area (Å²) in [7, 11) is 0. The van der Waals surface area contributed by atoms with Gasteiger partial charge in [-0.3, -0.25) is 5.21 Å². The minimum Gasteiger partial charge on any atom is -0.370 e. The molecule has 0 bridgehead atoms. The molecule has 1 saturated heterocycles. The molecular weight excluding hydrogens is 275 g/mol. The number of unbranched alkanes of at least 4 members (excludes halogenated alkanes) is 1. The number of carbonyl (C=O) groups excluding carboxylic acids is 1. The van der Waals surface area contributed by atoms with Crippen molar-refractivity contribution < 1.29 is 19.1 Å². The van der Waals surface area contributed by atoms with Gasteiger partial charge < -0.3 is 10.5 Å². The molecule has 1 aromatic carbocycles. The highest BCUT2D eigenvalue weighted by atomic mass is 19.1. The van der Waals surface area contributed by atoms with Crippen LogP contribution in [0.15, 0.2) is 24.3 Å². The predicted molar refractivity (Wildman–Crippen MR) is 75.2 cm³/mol. The zero-order valence-electron chi connectivity index (χ0n) is 11.9. The zero-order valence-corrected chi connectivity index (χ0v) is 11.9. The number of carbonyl (C=O) groups is 1. The largest absolute Gasteiger partial charge is 0.370 e. The van der Waals surface area contributed by atoms with Crippen molar-refractivity contribution in [1.29, 1.82) is 0 Å². The van der Waals surface area contributed by atoms with E-state index in [-0.39, 0.29) is 24.6 Å². The molecule has 1 aliphatic rings. The molecule has 21 heavy (non-hydrogen) atoms. The molecule has 0 aromatic heterocycles. The predicted octanol–water partition coefficient (Wildman–Crippen LogP) is 2.99. The first kappa shape index (κ1) is 15.7. The highest BCUT2D eigenvalue weighted by Crippen LogP contribution is 2.34. The van der Waals surface area contributed by atoms with Crippen LogP contribution >= 0.6 is 0 Å². The summed E-state index contributed by atoms with van der Waals surface area (Å²) >= 11 is 0. The van der Waals surface area contributed by atoms with E-state index in [1.165, 1.54) is 12.1 Å². The van der Waals surface area contributed by atoms with Crippen LogP contribution in [0.5, 0.6) is 0 Å². The third-order valence-electron chi connectivity index (χ3n) is 3.75. The molecule has 2 atom stereocenters. The molecule has 0 radical (unpaired) electrons. The van der Waals surface area contributed by atoms with Gasteiger partial charge in [-0.15, -0.1) is 0 Å². The molecule has 2 amide bonds. The van der Waals surface area contributed by atoms with Crippen LogP contribution in [0.3, 0.4) is 0 Å². The van der Waals surface area contributed by atoms with Crippen molar-refractivity contribution in [2.45, 2.75) is 44.3 Å². The summed E-state index contributed by atoms with van der Waals surface area (Å²) in [6, 6.07) is 5.60. The van der Waals surface area contributed by atoms with Crippen molar-refractivity contribution >= 4 is 6.03 Å². The number of primary amides is 1. The van der Waals surface area contributed by atoms with Crippen LogP contribution in [0.4, 0.5) is 9.18 Å². The van der Waals surface area contributed by atoms with E-state index in [1.54, 1.807) is 12.1 Å². The van der Waals surface area contributed by atoms with Crippen LogP contribution in [-0.2, 0) is 4.74 Å². The lowest BCUT2D eigenvalue weighted by Gasteiger charge is -2.15. The van der Waals surface area contributed by atoms with Gasteiger partial charge in [0, 0.05) is 0 Å². The van der Waals surface area contributed by atoms with Gasteiger partial charge in [-0.2, -0.15) is 0 Å². The number of hydroxylamine groups is 2. The smallest absolute Gasteiger partial charge is 0.338 e. The van der Waals surface area contributed by atoms with Gasteiger partial charge >= 0.3 is 6.03 Å². The van der Waals surface area contributed by atoms with Gasteiger partial charge in [0.1, 0.15) is 5.82 Å². The van der Waals surface area contributed by atoms with Gasteiger partial charge in [0.25, 0.3) is 0 Å². The number of nitrogens with two attached hydrogens (primary N) is 1. The van der Waals surface area contributed by atoms with Crippen LogP contribution in [0.1, 0.15) is 43.8 Å². The average Bonchev–Trinajstić information content (AvgIpc) is 2.93. The Morgan fingerprint density at radius 3 is 2.71 bits per heavy atom. The lowest BCUT2D eigenvalue weighted by atomic mass is 10.0. The Balaban J connectivity index is 1.68. The third kappa shape index (κ3) is 4.68. The Hall–Kier alpha value is -1.66. The molecule has 1 heterocycles. The highest BCUT2D eigenvalue weighted by molar-refractivity contribution is 5.70. The third-order valence-corrected chi connectivity index (χ3v) is 3.75. The molecule has 1 aliphatic heterocycles. The lowest BCUT2D eigenvalue weighted by Crippen LogP contribution is -2.33. The molecule has 2 rings (SSSR count). The van der Waals surface area contributed by atoms with Gasteiger partial charge in [0.2, 0.25) is 0 Å². The number of ether oxygens (including phenoxy) is 1. The van der Waals surface area contributed by atoms with E-state index in [0.29, 0.717) is 11.5 Å². The topological polar surface area (TPSA) is 75.8 Å². The molecule has 0 aliphatic carbocycles. The van der Waals surface area contributed by atoms with Crippen molar-refractivity contribution in [3.63, 3.8) is 0 Å². The second kappa shape index (κ2) is 7.38. The van der Waals surface area contributed by atoms with Gasteiger partial charge in [-0.05, 0) is 49.8 Å². The van der Waals surface area contributed by atoms with Crippen molar-refractivity contribution in [1.82, 2.24) is 5.06 Å². The van der Waals surface area contributed by atoms with Crippen molar-refractivity contribution in [3.05, 3.63) is 35.6 Å². The second-order valence-electron chi connectivity index (χ2n) is 5.33. The first-order valence-corrected chi connectivity index (χ1v) is 7.23. The number of urea groups is 1. The van der Waals surface area contributed by atoms with Crippen LogP contribution in [0, 0.1) is 5.82 Å². The van der Waals surface area contributed by atoms with E-state index in [4.69, 9.17) is 15.7 Å². The zero-order chi connectivity index (χ0) is 15.2. The maximum absolute atomic E-state index is 12.9. The SMILES string of the molecule is NC(=O)N(O)CCCCC1CC[C@H](c2ccc(F)cc2)O1. The molecule has 116 valence electrons. The molecule has 6 heteroatoms. The Kier molecular flexibility index (Phi) is 5.52. The summed E-state index contributed by atoms with van der Waals surface area (Å²) in [5, 5.41) is 9.65. The summed E-state index contributed by atoms with van der Waals surface area (Å²) in [4.78, 5) is 10.6. The number of hydrogen-bond donors (Lipinski definition) is 2. The first-order valence-electron chi connectivity index (χ1n) is 7.23. The van der Waals surface area contributed by atoms with E-state index in [2.05, 4.69) is 0 Å². The van der Waals surface area contributed by atoms with Crippen LogP contribution in [0.2, 0.25) is 0 Å². The molecule has 0 saturated carbocycles. The number of halogens is 1. The van der Waals surface area contributed by atoms with E-state index >= 15 is 0 Å². The lowest BCUT2D eigenvalue weighted by molar-refractivity contribution is -0.0412. The first-order chi connectivity index (χ1) is 10.1. The molecule has 1 aromatic rings. The van der Waals surface area contributed by atoms with Crippen LogP contribution in [-0.4, -0.2) is 29.0 Å². The van der Waals surface area contributed by atoms with Crippen molar-refractivity contribution in [3.8, 4) is 0 Å². The second-order valence-corrected chi connectivity index (χ2v) is 5.33. The maximum Gasteiger partial charge on any atom is 0.338 e. The van der Waals surface area contributed by atoms with E-state index in [0.717, 1.165) is 31.2 Å². The van der Waals surface area contributed by atoms with Crippen molar-refractivity contribution in [2.24, 2.45) is 5.73 Å². The minimum atomic E-state index is -0.830. The van der Waals surface area contributed by atoms with Crippen molar-refractivity contribution in [2.75, 3.05) is 6.54 Å². The van der Waals surface area contributed by atoms with E-state index in [9.17, 15) is 9.18 Å². The highest BCUT2D eigenvalue weighted by Gasteiger charge is 2.26. The summed E-state index contributed by atoms with van der Waals surface area (Å²) in [6.45, 7) is 0.240. The van der Waals surface area contributed by atoms with Gasteiger partial charge in [0.15, 0.2) is 0 Å².